The van der Waals surface area contributed by atoms with Gasteiger partial charge in [-0.25, -0.2) is 0 Å². The predicted octanol–water partition coefficient (Wildman–Crippen LogP) is 1.67. The molecular weight excluding hydrogens is 138 g/mol. The highest BCUT2D eigenvalue weighted by Gasteiger charge is 2.45. The average Bonchev–Trinajstić information content (AvgIpc) is 2.67. The molecule has 0 amide bonds. The molecule has 1 aliphatic heterocycles. The SMILES string of the molecule is Oc1cccc2c1NC1CC21. The highest BCUT2D eigenvalue weighted by molar-refractivity contribution is 5.70. The van der Waals surface area contributed by atoms with Gasteiger partial charge in [0, 0.05) is 12.0 Å². The number of rotatable bonds is 0. The van der Waals surface area contributed by atoms with E-state index in [0.29, 0.717) is 17.7 Å². The third-order valence-electron chi connectivity index (χ3n) is 2.59. The van der Waals surface area contributed by atoms with Crippen LogP contribution in [0.2, 0.25) is 0 Å². The van der Waals surface area contributed by atoms with Gasteiger partial charge in [0.2, 0.25) is 0 Å². The summed E-state index contributed by atoms with van der Waals surface area (Å²) >= 11 is 0. The van der Waals surface area contributed by atoms with Crippen LogP contribution in [0, 0.1) is 0 Å². The molecule has 0 spiro atoms. The van der Waals surface area contributed by atoms with Crippen molar-refractivity contribution in [2.75, 3.05) is 5.32 Å². The molecule has 2 heteroatoms. The van der Waals surface area contributed by atoms with E-state index < -0.39 is 0 Å². The molecule has 56 valence electrons. The van der Waals surface area contributed by atoms with Crippen LogP contribution in [0.3, 0.4) is 0 Å². The van der Waals surface area contributed by atoms with Gasteiger partial charge in [0.15, 0.2) is 0 Å². The first-order valence-electron chi connectivity index (χ1n) is 3.94. The first-order chi connectivity index (χ1) is 5.36. The standard InChI is InChI=1S/C9H9NO/c11-8-3-1-2-5-6-4-7(6)10-9(5)8/h1-3,6-7,10-11H,4H2. The molecule has 1 aromatic rings. The number of nitrogens with one attached hydrogen (secondary N) is 1. The molecule has 11 heavy (non-hydrogen) atoms. The minimum absolute atomic E-state index is 0.398. The van der Waals surface area contributed by atoms with E-state index in [0.717, 1.165) is 5.69 Å². The summed E-state index contributed by atoms with van der Waals surface area (Å²) in [6, 6.07) is 6.37. The number of phenolic OH excluding ortho intramolecular Hbond substituents is 1. The molecule has 0 radical (unpaired) electrons. The summed E-state index contributed by atoms with van der Waals surface area (Å²) < 4.78 is 0. The average molecular weight is 147 g/mol. The second-order valence-electron chi connectivity index (χ2n) is 3.33. The van der Waals surface area contributed by atoms with Gasteiger partial charge in [0.05, 0.1) is 5.69 Å². The van der Waals surface area contributed by atoms with E-state index >= 15 is 0 Å². The lowest BCUT2D eigenvalue weighted by Gasteiger charge is -2.04. The molecule has 2 aliphatic rings. The van der Waals surface area contributed by atoms with Crippen molar-refractivity contribution in [3.63, 3.8) is 0 Å². The van der Waals surface area contributed by atoms with E-state index in [9.17, 15) is 5.11 Å². The Bertz CT molecular complexity index is 321. The lowest BCUT2D eigenvalue weighted by molar-refractivity contribution is 0.477. The van der Waals surface area contributed by atoms with E-state index in [-0.39, 0.29) is 0 Å². The number of anilines is 1. The minimum Gasteiger partial charge on any atom is -0.506 e. The quantitative estimate of drug-likeness (QED) is 0.547. The Kier molecular flexibility index (Phi) is 0.757. The van der Waals surface area contributed by atoms with Gasteiger partial charge in [0.1, 0.15) is 5.75 Å². The number of fused-ring (bicyclic) bond motifs is 3. The fourth-order valence-corrected chi connectivity index (χ4v) is 1.91. The first kappa shape index (κ1) is 5.47. The normalized spacial score (nSPS) is 30.5. The van der Waals surface area contributed by atoms with Crippen LogP contribution < -0.4 is 5.32 Å². The van der Waals surface area contributed by atoms with Crippen molar-refractivity contribution in [1.29, 1.82) is 0 Å². The van der Waals surface area contributed by atoms with Gasteiger partial charge in [0.25, 0.3) is 0 Å². The summed E-state index contributed by atoms with van der Waals surface area (Å²) in [6.45, 7) is 0. The van der Waals surface area contributed by atoms with E-state index in [2.05, 4.69) is 11.4 Å². The molecule has 2 nitrogen and oxygen atoms in total. The van der Waals surface area contributed by atoms with E-state index in [4.69, 9.17) is 0 Å². The summed E-state index contributed by atoms with van der Waals surface area (Å²) in [7, 11) is 0. The second kappa shape index (κ2) is 1.52. The largest absolute Gasteiger partial charge is 0.506 e. The summed E-state index contributed by atoms with van der Waals surface area (Å²) in [5, 5.41) is 12.7. The first-order valence-corrected chi connectivity index (χ1v) is 3.94. The van der Waals surface area contributed by atoms with Crippen LogP contribution in [0.4, 0.5) is 5.69 Å². The highest BCUT2D eigenvalue weighted by atomic mass is 16.3. The van der Waals surface area contributed by atoms with Crippen molar-refractivity contribution in [2.24, 2.45) is 0 Å². The van der Waals surface area contributed by atoms with Gasteiger partial charge < -0.3 is 10.4 Å². The van der Waals surface area contributed by atoms with Gasteiger partial charge in [-0.05, 0) is 18.1 Å². The van der Waals surface area contributed by atoms with Crippen molar-refractivity contribution in [3.05, 3.63) is 23.8 Å². The van der Waals surface area contributed by atoms with Gasteiger partial charge in [-0.3, -0.25) is 0 Å². The maximum absolute atomic E-state index is 9.41. The Morgan fingerprint density at radius 2 is 2.36 bits per heavy atom. The van der Waals surface area contributed by atoms with E-state index in [1.54, 1.807) is 6.07 Å². The number of hydrogen-bond acceptors (Lipinski definition) is 2. The monoisotopic (exact) mass is 147 g/mol. The minimum atomic E-state index is 0.398. The van der Waals surface area contributed by atoms with Crippen LogP contribution in [0.5, 0.6) is 5.75 Å². The number of benzene rings is 1. The summed E-state index contributed by atoms with van der Waals surface area (Å²) in [6.07, 6.45) is 1.25. The molecule has 2 atom stereocenters. The maximum atomic E-state index is 9.41. The lowest BCUT2D eigenvalue weighted by Crippen LogP contribution is -1.96. The number of aromatic hydroxyl groups is 1. The Morgan fingerprint density at radius 1 is 1.45 bits per heavy atom. The lowest BCUT2D eigenvalue weighted by atomic mass is 10.1. The second-order valence-corrected chi connectivity index (χ2v) is 3.33. The van der Waals surface area contributed by atoms with Crippen molar-refractivity contribution >= 4 is 5.69 Å². The number of hydrogen-bond donors (Lipinski definition) is 2. The van der Waals surface area contributed by atoms with Gasteiger partial charge in [-0.15, -0.1) is 0 Å². The van der Waals surface area contributed by atoms with Crippen LogP contribution in [0.25, 0.3) is 0 Å². The number of phenols is 1. The fourth-order valence-electron chi connectivity index (χ4n) is 1.91. The summed E-state index contributed by atoms with van der Waals surface area (Å²) in [5.74, 6) is 1.09. The highest BCUT2D eigenvalue weighted by Crippen LogP contribution is 2.54. The Balaban J connectivity index is 2.24. The zero-order valence-electron chi connectivity index (χ0n) is 6.04. The van der Waals surface area contributed by atoms with Crippen LogP contribution in [-0.2, 0) is 0 Å². The molecule has 1 heterocycles. The molecule has 1 saturated carbocycles. The van der Waals surface area contributed by atoms with Crippen LogP contribution in [0.1, 0.15) is 17.9 Å². The third-order valence-corrected chi connectivity index (χ3v) is 2.59. The molecule has 2 N–H and O–H groups in total. The Morgan fingerprint density at radius 3 is 3.18 bits per heavy atom. The van der Waals surface area contributed by atoms with Crippen molar-refractivity contribution < 1.29 is 5.11 Å². The molecule has 3 rings (SSSR count). The van der Waals surface area contributed by atoms with Crippen molar-refractivity contribution in [1.82, 2.24) is 0 Å². The fraction of sp³-hybridized carbons (Fsp3) is 0.333. The zero-order chi connectivity index (χ0) is 7.42. The van der Waals surface area contributed by atoms with Gasteiger partial charge >= 0.3 is 0 Å². The number of para-hydroxylation sites is 1. The molecule has 1 aromatic carbocycles. The van der Waals surface area contributed by atoms with Crippen LogP contribution in [-0.4, -0.2) is 11.1 Å². The molecule has 0 saturated heterocycles. The topological polar surface area (TPSA) is 32.3 Å². The predicted molar refractivity (Wildman–Crippen MR) is 42.9 cm³/mol. The van der Waals surface area contributed by atoms with E-state index in [1.165, 1.54) is 12.0 Å². The van der Waals surface area contributed by atoms with Crippen LogP contribution >= 0.6 is 0 Å². The molecule has 0 aromatic heterocycles. The van der Waals surface area contributed by atoms with Crippen molar-refractivity contribution in [3.8, 4) is 5.75 Å². The van der Waals surface area contributed by atoms with E-state index in [1.807, 2.05) is 6.07 Å². The van der Waals surface area contributed by atoms with Gasteiger partial charge in [-0.1, -0.05) is 12.1 Å². The summed E-state index contributed by atoms with van der Waals surface area (Å²) in [5.41, 5.74) is 2.27. The third kappa shape index (κ3) is 0.570. The van der Waals surface area contributed by atoms with Crippen LogP contribution in [0.15, 0.2) is 18.2 Å². The maximum Gasteiger partial charge on any atom is 0.138 e. The molecule has 1 aliphatic carbocycles. The molecule has 1 fully saturated rings. The molecular formula is C9H9NO. The Hall–Kier alpha value is -1.18. The summed E-state index contributed by atoms with van der Waals surface area (Å²) in [4.78, 5) is 0. The van der Waals surface area contributed by atoms with Crippen molar-refractivity contribution in [2.45, 2.75) is 18.4 Å². The zero-order valence-corrected chi connectivity index (χ0v) is 6.04. The Labute approximate surface area is 64.9 Å². The smallest absolute Gasteiger partial charge is 0.138 e. The molecule has 0 bridgehead atoms. The molecule has 2 unspecified atom stereocenters. The van der Waals surface area contributed by atoms with Gasteiger partial charge in [-0.2, -0.15) is 0 Å².